The van der Waals surface area contributed by atoms with Gasteiger partial charge in [0.1, 0.15) is 11.6 Å². The number of carbonyl (C=O) groups is 1. The Hall–Kier alpha value is -2.08. The van der Waals surface area contributed by atoms with E-state index in [2.05, 4.69) is 21.2 Å². The quantitative estimate of drug-likeness (QED) is 0.595. The van der Waals surface area contributed by atoms with E-state index in [0.717, 1.165) is 0 Å². The molecule has 0 radical (unpaired) electrons. The summed E-state index contributed by atoms with van der Waals surface area (Å²) in [5.41, 5.74) is 6.94. The SMILES string of the molecule is Nc1ccc(O)c(CNC(=O)c2ccc(F)c(Br)c2)c1. The van der Waals surface area contributed by atoms with Crippen LogP contribution in [0.1, 0.15) is 15.9 Å². The van der Waals surface area contributed by atoms with Gasteiger partial charge >= 0.3 is 0 Å². The average molecular weight is 339 g/mol. The van der Waals surface area contributed by atoms with Gasteiger partial charge in [0.15, 0.2) is 0 Å². The Morgan fingerprint density at radius 2 is 2.05 bits per heavy atom. The zero-order valence-electron chi connectivity index (χ0n) is 10.4. The minimum Gasteiger partial charge on any atom is -0.508 e. The van der Waals surface area contributed by atoms with Crippen LogP contribution >= 0.6 is 15.9 Å². The van der Waals surface area contributed by atoms with Crippen LogP contribution in [0.3, 0.4) is 0 Å². The van der Waals surface area contributed by atoms with Crippen LogP contribution in [0.15, 0.2) is 40.9 Å². The lowest BCUT2D eigenvalue weighted by Gasteiger charge is -2.08. The summed E-state index contributed by atoms with van der Waals surface area (Å²) in [4.78, 5) is 11.9. The van der Waals surface area contributed by atoms with Gasteiger partial charge in [0, 0.05) is 23.4 Å². The number of anilines is 1. The Bertz CT molecular complexity index is 662. The van der Waals surface area contributed by atoms with Gasteiger partial charge in [0.2, 0.25) is 0 Å². The number of carbonyl (C=O) groups excluding carboxylic acids is 1. The molecule has 2 aromatic carbocycles. The van der Waals surface area contributed by atoms with Crippen LogP contribution in [-0.2, 0) is 6.54 Å². The van der Waals surface area contributed by atoms with E-state index in [0.29, 0.717) is 16.8 Å². The van der Waals surface area contributed by atoms with Crippen molar-refractivity contribution in [3.63, 3.8) is 0 Å². The molecule has 0 saturated heterocycles. The van der Waals surface area contributed by atoms with Crippen LogP contribution in [0.4, 0.5) is 10.1 Å². The van der Waals surface area contributed by atoms with Crippen LogP contribution in [0.5, 0.6) is 5.75 Å². The van der Waals surface area contributed by atoms with Crippen LogP contribution in [-0.4, -0.2) is 11.0 Å². The van der Waals surface area contributed by atoms with Gasteiger partial charge in [0.05, 0.1) is 4.47 Å². The van der Waals surface area contributed by atoms with Crippen LogP contribution in [0, 0.1) is 5.82 Å². The molecule has 0 bridgehead atoms. The molecular weight excluding hydrogens is 327 g/mol. The molecule has 4 N–H and O–H groups in total. The second-order valence-corrected chi connectivity index (χ2v) is 5.05. The normalized spacial score (nSPS) is 10.3. The standard InChI is InChI=1S/C14H12BrFN2O2/c15-11-6-8(1-3-12(11)16)14(20)18-7-9-5-10(17)2-4-13(9)19/h1-6,19H,7,17H2,(H,18,20). The number of nitrogens with two attached hydrogens (primary N) is 1. The largest absolute Gasteiger partial charge is 0.508 e. The topological polar surface area (TPSA) is 75.3 Å². The van der Waals surface area contributed by atoms with Crippen molar-refractivity contribution >= 4 is 27.5 Å². The number of aromatic hydroxyl groups is 1. The number of rotatable bonds is 3. The van der Waals surface area contributed by atoms with Crippen molar-refractivity contribution in [2.45, 2.75) is 6.54 Å². The fourth-order valence-corrected chi connectivity index (χ4v) is 2.04. The maximum atomic E-state index is 13.1. The van der Waals surface area contributed by atoms with Gasteiger partial charge in [-0.25, -0.2) is 4.39 Å². The summed E-state index contributed by atoms with van der Waals surface area (Å²) in [6.07, 6.45) is 0. The summed E-state index contributed by atoms with van der Waals surface area (Å²) in [6.45, 7) is 0.130. The first-order valence-corrected chi connectivity index (χ1v) is 6.57. The first-order chi connectivity index (χ1) is 9.47. The zero-order chi connectivity index (χ0) is 14.7. The predicted octanol–water partition coefficient (Wildman–Crippen LogP) is 2.81. The van der Waals surface area contributed by atoms with Gasteiger partial charge in [-0.1, -0.05) is 0 Å². The molecule has 0 aromatic heterocycles. The number of hydrogen-bond acceptors (Lipinski definition) is 3. The third-order valence-electron chi connectivity index (χ3n) is 2.72. The molecule has 0 unspecified atom stereocenters. The second kappa shape index (κ2) is 5.92. The van der Waals surface area contributed by atoms with E-state index in [1.807, 2.05) is 0 Å². The average Bonchev–Trinajstić information content (AvgIpc) is 2.42. The zero-order valence-corrected chi connectivity index (χ0v) is 11.9. The van der Waals surface area contributed by atoms with Crippen molar-refractivity contribution in [1.82, 2.24) is 5.32 Å². The Balaban J connectivity index is 2.08. The number of nitrogen functional groups attached to an aromatic ring is 1. The van der Waals surface area contributed by atoms with E-state index in [-0.39, 0.29) is 22.7 Å². The van der Waals surface area contributed by atoms with Gasteiger partial charge in [-0.2, -0.15) is 0 Å². The third-order valence-corrected chi connectivity index (χ3v) is 3.33. The fourth-order valence-electron chi connectivity index (χ4n) is 1.66. The first kappa shape index (κ1) is 14.3. The number of amides is 1. The monoisotopic (exact) mass is 338 g/mol. The molecule has 0 atom stereocenters. The van der Waals surface area contributed by atoms with Crippen LogP contribution in [0.25, 0.3) is 0 Å². The highest BCUT2D eigenvalue weighted by Gasteiger charge is 2.09. The summed E-state index contributed by atoms with van der Waals surface area (Å²) in [7, 11) is 0. The summed E-state index contributed by atoms with van der Waals surface area (Å²) in [6, 6.07) is 8.59. The summed E-state index contributed by atoms with van der Waals surface area (Å²) in [5, 5.41) is 12.3. The van der Waals surface area contributed by atoms with Crippen LogP contribution < -0.4 is 11.1 Å². The van der Waals surface area contributed by atoms with Gasteiger partial charge in [-0.3, -0.25) is 4.79 Å². The van der Waals surface area contributed by atoms with E-state index in [1.54, 1.807) is 12.1 Å². The lowest BCUT2D eigenvalue weighted by Crippen LogP contribution is -2.22. The van der Waals surface area contributed by atoms with Gasteiger partial charge in [-0.05, 0) is 52.3 Å². The maximum Gasteiger partial charge on any atom is 0.251 e. The maximum absolute atomic E-state index is 13.1. The number of benzene rings is 2. The third kappa shape index (κ3) is 3.27. The second-order valence-electron chi connectivity index (χ2n) is 4.20. The molecule has 104 valence electrons. The van der Waals surface area contributed by atoms with Crippen molar-refractivity contribution in [3.8, 4) is 5.75 Å². The highest BCUT2D eigenvalue weighted by molar-refractivity contribution is 9.10. The smallest absolute Gasteiger partial charge is 0.251 e. The lowest BCUT2D eigenvalue weighted by atomic mass is 10.1. The fraction of sp³-hybridized carbons (Fsp3) is 0.0714. The molecule has 0 saturated carbocycles. The van der Waals surface area contributed by atoms with Crippen molar-refractivity contribution in [3.05, 3.63) is 57.8 Å². The highest BCUT2D eigenvalue weighted by Crippen LogP contribution is 2.20. The van der Waals surface area contributed by atoms with Crippen LogP contribution in [0.2, 0.25) is 0 Å². The van der Waals surface area contributed by atoms with Gasteiger partial charge in [0.25, 0.3) is 5.91 Å². The Kier molecular flexibility index (Phi) is 4.24. The molecule has 0 fully saturated rings. The number of nitrogens with one attached hydrogen (secondary N) is 1. The van der Waals surface area contributed by atoms with Crippen molar-refractivity contribution in [1.29, 1.82) is 0 Å². The predicted molar refractivity (Wildman–Crippen MR) is 77.8 cm³/mol. The number of halogens is 2. The number of phenols is 1. The molecule has 20 heavy (non-hydrogen) atoms. The minimum absolute atomic E-state index is 0.0554. The molecule has 2 aromatic rings. The van der Waals surface area contributed by atoms with Crippen molar-refractivity contribution in [2.75, 3.05) is 5.73 Å². The van der Waals surface area contributed by atoms with Crippen molar-refractivity contribution < 1.29 is 14.3 Å². The molecule has 4 nitrogen and oxygen atoms in total. The Morgan fingerprint density at radius 1 is 1.30 bits per heavy atom. The molecular formula is C14H12BrFN2O2. The molecule has 2 rings (SSSR count). The minimum atomic E-state index is -0.435. The number of phenolic OH excluding ortho intramolecular Hbond substituents is 1. The Labute approximate surface area is 123 Å². The van der Waals surface area contributed by atoms with Gasteiger partial charge < -0.3 is 16.2 Å². The summed E-state index contributed by atoms with van der Waals surface area (Å²) >= 11 is 3.02. The van der Waals surface area contributed by atoms with E-state index < -0.39 is 5.82 Å². The number of hydrogen-bond donors (Lipinski definition) is 3. The first-order valence-electron chi connectivity index (χ1n) is 5.78. The van der Waals surface area contributed by atoms with E-state index in [4.69, 9.17) is 5.73 Å². The van der Waals surface area contributed by atoms with Gasteiger partial charge in [-0.15, -0.1) is 0 Å². The summed E-state index contributed by atoms with van der Waals surface area (Å²) in [5.74, 6) is -0.748. The molecule has 0 heterocycles. The lowest BCUT2D eigenvalue weighted by molar-refractivity contribution is 0.0950. The molecule has 0 aliphatic carbocycles. The Morgan fingerprint density at radius 3 is 2.75 bits per heavy atom. The molecule has 0 spiro atoms. The van der Waals surface area contributed by atoms with E-state index >= 15 is 0 Å². The molecule has 6 heteroatoms. The summed E-state index contributed by atoms with van der Waals surface area (Å²) < 4.78 is 13.3. The molecule has 0 aliphatic rings. The molecule has 1 amide bonds. The van der Waals surface area contributed by atoms with Crippen molar-refractivity contribution in [2.24, 2.45) is 0 Å². The van der Waals surface area contributed by atoms with E-state index in [9.17, 15) is 14.3 Å². The molecule has 0 aliphatic heterocycles. The highest BCUT2D eigenvalue weighted by atomic mass is 79.9. The van der Waals surface area contributed by atoms with E-state index in [1.165, 1.54) is 24.3 Å².